The number of methoxy groups -OCH3 is 3. The van der Waals surface area contributed by atoms with Crippen molar-refractivity contribution in [3.63, 3.8) is 0 Å². The summed E-state index contributed by atoms with van der Waals surface area (Å²) in [5.74, 6) is -0.448. The van der Waals surface area contributed by atoms with Gasteiger partial charge in [-0.3, -0.25) is 0 Å². The van der Waals surface area contributed by atoms with E-state index in [1.54, 1.807) is 21.3 Å². The van der Waals surface area contributed by atoms with E-state index in [4.69, 9.17) is 14.2 Å². The third kappa shape index (κ3) is 3.18. The molecule has 0 amide bonds. The van der Waals surface area contributed by atoms with Gasteiger partial charge in [-0.15, -0.1) is 0 Å². The Bertz CT molecular complexity index is 81.1. The molecule has 3 nitrogen and oxygen atoms in total. The third-order valence-corrected chi connectivity index (χ3v) is 1.97. The largest absolute Gasteiger partial charge is 0.384 e. The van der Waals surface area contributed by atoms with Gasteiger partial charge in [-0.05, 0) is 6.42 Å². The molecule has 0 heterocycles. The van der Waals surface area contributed by atoms with Crippen LogP contribution in [0.25, 0.3) is 0 Å². The lowest BCUT2D eigenvalue weighted by Crippen LogP contribution is -2.34. The number of ether oxygens (including phenoxy) is 3. The zero-order chi connectivity index (χ0) is 8.74. The van der Waals surface area contributed by atoms with E-state index in [0.29, 0.717) is 6.61 Å². The quantitative estimate of drug-likeness (QED) is 0.553. The van der Waals surface area contributed by atoms with E-state index in [1.807, 2.05) is 6.92 Å². The topological polar surface area (TPSA) is 27.7 Å². The molecular formula is C8H18O3. The summed E-state index contributed by atoms with van der Waals surface area (Å²) in [6, 6.07) is 0. The van der Waals surface area contributed by atoms with Crippen LogP contribution in [0.15, 0.2) is 0 Å². The van der Waals surface area contributed by atoms with Crippen LogP contribution in [0.3, 0.4) is 0 Å². The number of hydrogen-bond donors (Lipinski definition) is 0. The molecule has 0 bridgehead atoms. The SMILES string of the molecule is CCC(CCOC)(OC)OC. The van der Waals surface area contributed by atoms with Gasteiger partial charge in [-0.2, -0.15) is 0 Å². The predicted molar refractivity (Wildman–Crippen MR) is 43.5 cm³/mol. The molecular weight excluding hydrogens is 144 g/mol. The van der Waals surface area contributed by atoms with Gasteiger partial charge in [0.1, 0.15) is 0 Å². The van der Waals surface area contributed by atoms with E-state index in [1.165, 1.54) is 0 Å². The first-order valence-corrected chi connectivity index (χ1v) is 3.84. The molecule has 0 aromatic rings. The Kier molecular flexibility index (Phi) is 5.46. The van der Waals surface area contributed by atoms with E-state index in [9.17, 15) is 0 Å². The molecule has 0 aromatic carbocycles. The Hall–Kier alpha value is -0.120. The normalized spacial score (nSPS) is 12.0. The van der Waals surface area contributed by atoms with Crippen LogP contribution in [0.2, 0.25) is 0 Å². The summed E-state index contributed by atoms with van der Waals surface area (Å²) in [7, 11) is 4.98. The maximum Gasteiger partial charge on any atom is 0.169 e. The minimum atomic E-state index is -0.448. The van der Waals surface area contributed by atoms with Gasteiger partial charge in [0.2, 0.25) is 0 Å². The van der Waals surface area contributed by atoms with E-state index >= 15 is 0 Å². The highest BCUT2D eigenvalue weighted by Crippen LogP contribution is 2.19. The van der Waals surface area contributed by atoms with Crippen LogP contribution in [0.1, 0.15) is 19.8 Å². The molecule has 0 rings (SSSR count). The van der Waals surface area contributed by atoms with Gasteiger partial charge in [0, 0.05) is 27.8 Å². The summed E-state index contributed by atoms with van der Waals surface area (Å²) >= 11 is 0. The average molecular weight is 162 g/mol. The molecule has 0 unspecified atom stereocenters. The van der Waals surface area contributed by atoms with Crippen LogP contribution in [0.5, 0.6) is 0 Å². The van der Waals surface area contributed by atoms with Crippen molar-refractivity contribution in [3.05, 3.63) is 0 Å². The summed E-state index contributed by atoms with van der Waals surface area (Å²) in [4.78, 5) is 0. The molecule has 0 aliphatic carbocycles. The Morgan fingerprint density at radius 3 is 1.91 bits per heavy atom. The maximum absolute atomic E-state index is 5.24. The lowest BCUT2D eigenvalue weighted by molar-refractivity contribution is -0.216. The van der Waals surface area contributed by atoms with Gasteiger partial charge in [0.25, 0.3) is 0 Å². The number of hydrogen-bond acceptors (Lipinski definition) is 3. The van der Waals surface area contributed by atoms with Gasteiger partial charge < -0.3 is 14.2 Å². The lowest BCUT2D eigenvalue weighted by atomic mass is 10.1. The van der Waals surface area contributed by atoms with Crippen molar-refractivity contribution in [1.29, 1.82) is 0 Å². The Balaban J connectivity index is 3.84. The predicted octanol–water partition coefficient (Wildman–Crippen LogP) is 1.42. The van der Waals surface area contributed by atoms with Crippen molar-refractivity contribution >= 4 is 0 Å². The first-order valence-electron chi connectivity index (χ1n) is 3.84. The Morgan fingerprint density at radius 2 is 1.64 bits per heavy atom. The van der Waals surface area contributed by atoms with Crippen LogP contribution in [-0.4, -0.2) is 33.7 Å². The van der Waals surface area contributed by atoms with Crippen molar-refractivity contribution in [1.82, 2.24) is 0 Å². The molecule has 0 aliphatic rings. The molecule has 68 valence electrons. The zero-order valence-electron chi connectivity index (χ0n) is 7.85. The van der Waals surface area contributed by atoms with E-state index in [2.05, 4.69) is 0 Å². The first-order chi connectivity index (χ1) is 5.24. The van der Waals surface area contributed by atoms with E-state index < -0.39 is 5.79 Å². The fourth-order valence-electron chi connectivity index (χ4n) is 1.01. The molecule has 0 spiro atoms. The van der Waals surface area contributed by atoms with Crippen molar-refractivity contribution in [2.75, 3.05) is 27.9 Å². The molecule has 0 saturated heterocycles. The van der Waals surface area contributed by atoms with Crippen LogP contribution in [0, 0.1) is 0 Å². The van der Waals surface area contributed by atoms with Crippen LogP contribution in [0.4, 0.5) is 0 Å². The minimum absolute atomic E-state index is 0.448. The summed E-state index contributed by atoms with van der Waals surface area (Å²) in [5.41, 5.74) is 0. The van der Waals surface area contributed by atoms with Crippen LogP contribution >= 0.6 is 0 Å². The molecule has 0 aromatic heterocycles. The van der Waals surface area contributed by atoms with Gasteiger partial charge in [0.15, 0.2) is 5.79 Å². The standard InChI is InChI=1S/C8H18O3/c1-5-8(10-3,11-4)6-7-9-2/h5-7H2,1-4H3. The van der Waals surface area contributed by atoms with Crippen molar-refractivity contribution < 1.29 is 14.2 Å². The number of rotatable bonds is 6. The highest BCUT2D eigenvalue weighted by molar-refractivity contribution is 4.65. The molecule has 0 fully saturated rings. The molecule has 3 heteroatoms. The Morgan fingerprint density at radius 1 is 1.09 bits per heavy atom. The lowest BCUT2D eigenvalue weighted by Gasteiger charge is -2.29. The molecule has 11 heavy (non-hydrogen) atoms. The summed E-state index contributed by atoms with van der Waals surface area (Å²) < 4.78 is 15.4. The maximum atomic E-state index is 5.24. The Labute approximate surface area is 68.6 Å². The van der Waals surface area contributed by atoms with E-state index in [0.717, 1.165) is 12.8 Å². The first kappa shape index (κ1) is 10.9. The third-order valence-electron chi connectivity index (χ3n) is 1.97. The van der Waals surface area contributed by atoms with Gasteiger partial charge in [0.05, 0.1) is 6.61 Å². The summed E-state index contributed by atoms with van der Waals surface area (Å²) in [6.45, 7) is 2.69. The average Bonchev–Trinajstić information content (AvgIpc) is 2.08. The molecule has 0 saturated carbocycles. The van der Waals surface area contributed by atoms with Crippen LogP contribution < -0.4 is 0 Å². The summed E-state index contributed by atoms with van der Waals surface area (Å²) in [6.07, 6.45) is 1.61. The minimum Gasteiger partial charge on any atom is -0.384 e. The van der Waals surface area contributed by atoms with Crippen molar-refractivity contribution in [3.8, 4) is 0 Å². The van der Waals surface area contributed by atoms with Crippen LogP contribution in [-0.2, 0) is 14.2 Å². The highest BCUT2D eigenvalue weighted by atomic mass is 16.7. The fraction of sp³-hybridized carbons (Fsp3) is 1.00. The van der Waals surface area contributed by atoms with E-state index in [-0.39, 0.29) is 0 Å². The van der Waals surface area contributed by atoms with Gasteiger partial charge in [-0.1, -0.05) is 6.92 Å². The highest BCUT2D eigenvalue weighted by Gasteiger charge is 2.26. The van der Waals surface area contributed by atoms with Gasteiger partial charge in [-0.25, -0.2) is 0 Å². The second kappa shape index (κ2) is 5.52. The second-order valence-electron chi connectivity index (χ2n) is 2.42. The van der Waals surface area contributed by atoms with Gasteiger partial charge >= 0.3 is 0 Å². The smallest absolute Gasteiger partial charge is 0.169 e. The molecule has 0 N–H and O–H groups in total. The zero-order valence-corrected chi connectivity index (χ0v) is 7.85. The fourth-order valence-corrected chi connectivity index (χ4v) is 1.01. The molecule has 0 aliphatic heterocycles. The van der Waals surface area contributed by atoms with Crippen molar-refractivity contribution in [2.45, 2.75) is 25.6 Å². The molecule has 0 atom stereocenters. The summed E-state index contributed by atoms with van der Waals surface area (Å²) in [5, 5.41) is 0. The van der Waals surface area contributed by atoms with Crippen molar-refractivity contribution in [2.24, 2.45) is 0 Å². The second-order valence-corrected chi connectivity index (χ2v) is 2.42. The molecule has 0 radical (unpaired) electrons. The monoisotopic (exact) mass is 162 g/mol.